The number of hydrogen-bond donors (Lipinski definition) is 2. The standard InChI is InChI=1S/C19H21NO5/c1-24-16-7-3-13(4-8-16)11-14(12-18(21)22)19(23)20-15-5-9-17(25-2)10-6-15/h3-10,14H,11-12H2,1-2H3,(H,20,23)(H,21,22)/t14-/m0/s1. The van der Waals surface area contributed by atoms with Crippen molar-refractivity contribution in [1.82, 2.24) is 0 Å². The summed E-state index contributed by atoms with van der Waals surface area (Å²) in [6.45, 7) is 0. The number of rotatable bonds is 8. The number of carbonyl (C=O) groups excluding carboxylic acids is 1. The molecule has 0 saturated heterocycles. The molecule has 0 aromatic heterocycles. The lowest BCUT2D eigenvalue weighted by Gasteiger charge is -2.15. The molecule has 2 N–H and O–H groups in total. The zero-order valence-corrected chi connectivity index (χ0v) is 14.2. The van der Waals surface area contributed by atoms with Crippen molar-refractivity contribution in [2.75, 3.05) is 19.5 Å². The van der Waals surface area contributed by atoms with Crippen LogP contribution in [0.1, 0.15) is 12.0 Å². The number of benzene rings is 2. The molecule has 0 aliphatic carbocycles. The van der Waals surface area contributed by atoms with E-state index in [1.165, 1.54) is 0 Å². The zero-order valence-electron chi connectivity index (χ0n) is 14.2. The molecule has 0 fully saturated rings. The van der Waals surface area contributed by atoms with Crippen LogP contribution in [0.3, 0.4) is 0 Å². The summed E-state index contributed by atoms with van der Waals surface area (Å²) in [6, 6.07) is 14.1. The van der Waals surface area contributed by atoms with Crippen molar-refractivity contribution >= 4 is 17.6 Å². The van der Waals surface area contributed by atoms with Gasteiger partial charge in [-0.1, -0.05) is 12.1 Å². The van der Waals surface area contributed by atoms with Crippen LogP contribution < -0.4 is 14.8 Å². The van der Waals surface area contributed by atoms with E-state index < -0.39 is 11.9 Å². The summed E-state index contributed by atoms with van der Waals surface area (Å²) in [7, 11) is 3.13. The van der Waals surface area contributed by atoms with Crippen molar-refractivity contribution in [3.05, 3.63) is 54.1 Å². The maximum atomic E-state index is 12.5. The Morgan fingerprint density at radius 3 is 1.96 bits per heavy atom. The minimum Gasteiger partial charge on any atom is -0.497 e. The minimum atomic E-state index is -1.01. The number of nitrogens with one attached hydrogen (secondary N) is 1. The number of carboxylic acids is 1. The highest BCUT2D eigenvalue weighted by atomic mass is 16.5. The van der Waals surface area contributed by atoms with Crippen molar-refractivity contribution in [3.63, 3.8) is 0 Å². The molecular weight excluding hydrogens is 322 g/mol. The van der Waals surface area contributed by atoms with E-state index in [2.05, 4.69) is 5.32 Å². The van der Waals surface area contributed by atoms with Crippen LogP contribution in [-0.2, 0) is 16.0 Å². The summed E-state index contributed by atoms with van der Waals surface area (Å²) >= 11 is 0. The highest BCUT2D eigenvalue weighted by molar-refractivity contribution is 5.94. The molecule has 0 radical (unpaired) electrons. The SMILES string of the molecule is COc1ccc(C[C@@H](CC(=O)O)C(=O)Nc2ccc(OC)cc2)cc1. The van der Waals surface area contributed by atoms with Gasteiger partial charge in [0.2, 0.25) is 5.91 Å². The fraction of sp³-hybridized carbons (Fsp3) is 0.263. The largest absolute Gasteiger partial charge is 0.497 e. The van der Waals surface area contributed by atoms with Crippen molar-refractivity contribution < 1.29 is 24.2 Å². The molecule has 25 heavy (non-hydrogen) atoms. The quantitative estimate of drug-likeness (QED) is 0.770. The summed E-state index contributed by atoms with van der Waals surface area (Å²) in [5.41, 5.74) is 1.47. The lowest BCUT2D eigenvalue weighted by atomic mass is 9.95. The van der Waals surface area contributed by atoms with Crippen LogP contribution >= 0.6 is 0 Å². The fourth-order valence-corrected chi connectivity index (χ4v) is 2.43. The molecule has 0 aliphatic heterocycles. The monoisotopic (exact) mass is 343 g/mol. The van der Waals surface area contributed by atoms with Crippen LogP contribution in [0, 0.1) is 5.92 Å². The minimum absolute atomic E-state index is 0.242. The Morgan fingerprint density at radius 1 is 0.960 bits per heavy atom. The van der Waals surface area contributed by atoms with Crippen molar-refractivity contribution in [3.8, 4) is 11.5 Å². The number of aliphatic carboxylic acids is 1. The molecule has 0 spiro atoms. The Balaban J connectivity index is 2.08. The maximum absolute atomic E-state index is 12.5. The van der Waals surface area contributed by atoms with E-state index >= 15 is 0 Å². The van der Waals surface area contributed by atoms with E-state index in [-0.39, 0.29) is 12.3 Å². The predicted octanol–water partition coefficient (Wildman–Crippen LogP) is 2.98. The Hall–Kier alpha value is -3.02. The first-order valence-electron chi connectivity index (χ1n) is 7.81. The van der Waals surface area contributed by atoms with Crippen LogP contribution in [0.4, 0.5) is 5.69 Å². The second kappa shape index (κ2) is 8.73. The average Bonchev–Trinajstić information content (AvgIpc) is 2.62. The van der Waals surface area contributed by atoms with Crippen LogP contribution in [0.25, 0.3) is 0 Å². The molecule has 0 heterocycles. The third kappa shape index (κ3) is 5.53. The van der Waals surface area contributed by atoms with E-state index in [1.807, 2.05) is 12.1 Å². The van der Waals surface area contributed by atoms with Gasteiger partial charge in [0, 0.05) is 5.69 Å². The number of hydrogen-bond acceptors (Lipinski definition) is 4. The molecule has 6 nitrogen and oxygen atoms in total. The van der Waals surface area contributed by atoms with Gasteiger partial charge < -0.3 is 19.9 Å². The summed E-state index contributed by atoms with van der Waals surface area (Å²) in [4.78, 5) is 23.6. The van der Waals surface area contributed by atoms with Gasteiger partial charge in [0.05, 0.1) is 26.6 Å². The Labute approximate surface area is 146 Å². The van der Waals surface area contributed by atoms with E-state index in [9.17, 15) is 9.59 Å². The molecule has 0 aliphatic rings. The first-order chi connectivity index (χ1) is 12.0. The van der Waals surface area contributed by atoms with Crippen LogP contribution in [-0.4, -0.2) is 31.2 Å². The number of ether oxygens (including phenoxy) is 2. The van der Waals surface area contributed by atoms with Gasteiger partial charge in [0.25, 0.3) is 0 Å². The molecule has 2 aromatic rings. The maximum Gasteiger partial charge on any atom is 0.304 e. The van der Waals surface area contributed by atoms with Gasteiger partial charge >= 0.3 is 5.97 Å². The molecule has 2 aromatic carbocycles. The van der Waals surface area contributed by atoms with Crippen LogP contribution in [0.2, 0.25) is 0 Å². The summed E-state index contributed by atoms with van der Waals surface area (Å²) < 4.78 is 10.2. The molecule has 1 atom stereocenters. The molecule has 2 rings (SSSR count). The average molecular weight is 343 g/mol. The van der Waals surface area contributed by atoms with Crippen molar-refractivity contribution in [1.29, 1.82) is 0 Å². The van der Waals surface area contributed by atoms with E-state index in [0.29, 0.717) is 23.6 Å². The number of carbonyl (C=O) groups is 2. The normalized spacial score (nSPS) is 11.4. The highest BCUT2D eigenvalue weighted by Gasteiger charge is 2.22. The lowest BCUT2D eigenvalue weighted by molar-refractivity contribution is -0.140. The number of methoxy groups -OCH3 is 2. The molecule has 6 heteroatoms. The Kier molecular flexibility index (Phi) is 6.39. The first kappa shape index (κ1) is 18.3. The van der Waals surface area contributed by atoms with E-state index in [4.69, 9.17) is 14.6 Å². The molecular formula is C19H21NO5. The summed E-state index contributed by atoms with van der Waals surface area (Å²) in [5.74, 6) is -0.626. The number of anilines is 1. The summed E-state index contributed by atoms with van der Waals surface area (Å²) in [5, 5.41) is 11.9. The van der Waals surface area contributed by atoms with Gasteiger partial charge in [0.15, 0.2) is 0 Å². The van der Waals surface area contributed by atoms with Gasteiger partial charge in [-0.3, -0.25) is 9.59 Å². The van der Waals surface area contributed by atoms with Gasteiger partial charge in [0.1, 0.15) is 11.5 Å². The highest BCUT2D eigenvalue weighted by Crippen LogP contribution is 2.20. The predicted molar refractivity (Wildman–Crippen MR) is 94.1 cm³/mol. The fourth-order valence-electron chi connectivity index (χ4n) is 2.43. The molecule has 0 saturated carbocycles. The Bertz CT molecular complexity index is 710. The third-order valence-corrected chi connectivity index (χ3v) is 3.79. The zero-order chi connectivity index (χ0) is 18.2. The lowest BCUT2D eigenvalue weighted by Crippen LogP contribution is -2.27. The smallest absolute Gasteiger partial charge is 0.304 e. The Morgan fingerprint density at radius 2 is 1.48 bits per heavy atom. The van der Waals surface area contributed by atoms with E-state index in [1.54, 1.807) is 50.6 Å². The number of carboxylic acid groups (broad SMARTS) is 1. The van der Waals surface area contributed by atoms with Gasteiger partial charge in [-0.25, -0.2) is 0 Å². The summed E-state index contributed by atoms with van der Waals surface area (Å²) in [6.07, 6.45) is 0.0896. The topological polar surface area (TPSA) is 84.9 Å². The molecule has 132 valence electrons. The van der Waals surface area contributed by atoms with Gasteiger partial charge in [-0.05, 0) is 48.4 Å². The van der Waals surface area contributed by atoms with Gasteiger partial charge in [-0.2, -0.15) is 0 Å². The molecule has 0 bridgehead atoms. The van der Waals surface area contributed by atoms with Crippen LogP contribution in [0.15, 0.2) is 48.5 Å². The second-order valence-electron chi connectivity index (χ2n) is 5.56. The second-order valence-corrected chi connectivity index (χ2v) is 5.56. The van der Waals surface area contributed by atoms with Crippen molar-refractivity contribution in [2.24, 2.45) is 5.92 Å². The third-order valence-electron chi connectivity index (χ3n) is 3.79. The van der Waals surface area contributed by atoms with E-state index in [0.717, 1.165) is 5.56 Å². The first-order valence-corrected chi connectivity index (χ1v) is 7.81. The molecule has 1 amide bonds. The number of amides is 1. The van der Waals surface area contributed by atoms with Crippen LogP contribution in [0.5, 0.6) is 11.5 Å². The van der Waals surface area contributed by atoms with Gasteiger partial charge in [-0.15, -0.1) is 0 Å². The van der Waals surface area contributed by atoms with Crippen molar-refractivity contribution in [2.45, 2.75) is 12.8 Å². The molecule has 0 unspecified atom stereocenters.